The summed E-state index contributed by atoms with van der Waals surface area (Å²) >= 11 is 1.49. The second-order valence-electron chi connectivity index (χ2n) is 5.63. The predicted octanol–water partition coefficient (Wildman–Crippen LogP) is 5.28. The molecule has 3 aromatic carbocycles. The number of aldehydes is 1. The molecule has 1 heterocycles. The molecule has 0 amide bonds. The SMILES string of the molecule is COc1ccc(C#Cc2c(C=O)sc3cc4ccccc4cc23)cc1. The van der Waals surface area contributed by atoms with Gasteiger partial charge < -0.3 is 4.74 Å². The van der Waals surface area contributed by atoms with Gasteiger partial charge in [0.15, 0.2) is 6.29 Å². The van der Waals surface area contributed by atoms with Crippen LogP contribution in [-0.4, -0.2) is 13.4 Å². The third-order valence-corrected chi connectivity index (χ3v) is 5.19. The van der Waals surface area contributed by atoms with Crippen LogP contribution in [-0.2, 0) is 0 Å². The number of benzene rings is 3. The molecule has 25 heavy (non-hydrogen) atoms. The molecule has 0 aliphatic rings. The van der Waals surface area contributed by atoms with Crippen molar-refractivity contribution < 1.29 is 9.53 Å². The molecule has 0 N–H and O–H groups in total. The summed E-state index contributed by atoms with van der Waals surface area (Å²) in [6, 6.07) is 20.0. The number of methoxy groups -OCH3 is 1. The third-order valence-electron chi connectivity index (χ3n) is 4.11. The van der Waals surface area contributed by atoms with Crippen molar-refractivity contribution in [3.8, 4) is 17.6 Å². The van der Waals surface area contributed by atoms with E-state index in [9.17, 15) is 4.79 Å². The van der Waals surface area contributed by atoms with E-state index in [-0.39, 0.29) is 0 Å². The highest BCUT2D eigenvalue weighted by atomic mass is 32.1. The zero-order valence-electron chi connectivity index (χ0n) is 13.6. The van der Waals surface area contributed by atoms with E-state index in [0.29, 0.717) is 4.88 Å². The Morgan fingerprint density at radius 1 is 0.960 bits per heavy atom. The van der Waals surface area contributed by atoms with E-state index in [1.807, 2.05) is 36.4 Å². The molecule has 0 spiro atoms. The van der Waals surface area contributed by atoms with Gasteiger partial charge in [0.2, 0.25) is 0 Å². The summed E-state index contributed by atoms with van der Waals surface area (Å²) in [5.41, 5.74) is 1.69. The lowest BCUT2D eigenvalue weighted by Gasteiger charge is -1.98. The smallest absolute Gasteiger partial charge is 0.161 e. The third kappa shape index (κ3) is 2.88. The number of ether oxygens (including phenoxy) is 1. The van der Waals surface area contributed by atoms with Crippen LogP contribution in [0.2, 0.25) is 0 Å². The van der Waals surface area contributed by atoms with E-state index in [1.165, 1.54) is 16.7 Å². The quantitative estimate of drug-likeness (QED) is 0.366. The first-order valence-corrected chi connectivity index (χ1v) is 8.66. The van der Waals surface area contributed by atoms with E-state index >= 15 is 0 Å². The molecule has 0 atom stereocenters. The summed E-state index contributed by atoms with van der Waals surface area (Å²) in [5.74, 6) is 7.15. The van der Waals surface area contributed by atoms with Gasteiger partial charge in [-0.25, -0.2) is 0 Å². The van der Waals surface area contributed by atoms with Crippen LogP contribution >= 0.6 is 11.3 Å². The maximum absolute atomic E-state index is 11.5. The second kappa shape index (κ2) is 6.43. The van der Waals surface area contributed by atoms with Crippen molar-refractivity contribution in [3.05, 3.63) is 76.7 Å². The number of hydrogen-bond donors (Lipinski definition) is 0. The molecule has 120 valence electrons. The molecule has 0 radical (unpaired) electrons. The van der Waals surface area contributed by atoms with Crippen molar-refractivity contribution >= 4 is 38.5 Å². The molecule has 0 unspecified atom stereocenters. The average Bonchev–Trinajstić information content (AvgIpc) is 3.01. The van der Waals surface area contributed by atoms with Gasteiger partial charge in [0, 0.05) is 15.6 Å². The Bertz CT molecular complexity index is 1140. The monoisotopic (exact) mass is 342 g/mol. The Labute approximate surface area is 149 Å². The number of hydrogen-bond acceptors (Lipinski definition) is 3. The maximum Gasteiger partial charge on any atom is 0.161 e. The second-order valence-corrected chi connectivity index (χ2v) is 6.72. The van der Waals surface area contributed by atoms with Gasteiger partial charge in [0.1, 0.15) is 5.75 Å². The van der Waals surface area contributed by atoms with Gasteiger partial charge in [-0.3, -0.25) is 4.79 Å². The van der Waals surface area contributed by atoms with Crippen molar-refractivity contribution in [2.75, 3.05) is 7.11 Å². The van der Waals surface area contributed by atoms with E-state index < -0.39 is 0 Å². The summed E-state index contributed by atoms with van der Waals surface area (Å²) in [4.78, 5) is 12.2. The first kappa shape index (κ1) is 15.4. The van der Waals surface area contributed by atoms with E-state index in [4.69, 9.17) is 4.74 Å². The molecule has 4 aromatic rings. The molecule has 2 nitrogen and oxygen atoms in total. The Hall–Kier alpha value is -3.09. The fraction of sp³-hybridized carbons (Fsp3) is 0.0455. The number of carbonyl (C=O) groups excluding carboxylic acids is 1. The van der Waals surface area contributed by atoms with Crippen molar-refractivity contribution in [1.82, 2.24) is 0 Å². The van der Waals surface area contributed by atoms with Crippen molar-refractivity contribution in [2.45, 2.75) is 0 Å². The van der Waals surface area contributed by atoms with Gasteiger partial charge >= 0.3 is 0 Å². The Kier molecular flexibility index (Phi) is 3.97. The van der Waals surface area contributed by atoms with E-state index in [2.05, 4.69) is 36.1 Å². The molecule has 0 aliphatic heterocycles. The lowest BCUT2D eigenvalue weighted by Crippen LogP contribution is -1.83. The van der Waals surface area contributed by atoms with Crippen LogP contribution in [0.1, 0.15) is 20.8 Å². The Morgan fingerprint density at radius 3 is 2.36 bits per heavy atom. The lowest BCUT2D eigenvalue weighted by molar-refractivity contribution is 0.112. The zero-order chi connectivity index (χ0) is 17.2. The predicted molar refractivity (Wildman–Crippen MR) is 104 cm³/mol. The van der Waals surface area contributed by atoms with Crippen molar-refractivity contribution in [1.29, 1.82) is 0 Å². The summed E-state index contributed by atoms with van der Waals surface area (Å²) in [6.07, 6.45) is 0.896. The van der Waals surface area contributed by atoms with E-state index in [1.54, 1.807) is 7.11 Å². The van der Waals surface area contributed by atoms with Gasteiger partial charge in [0.05, 0.1) is 17.6 Å². The highest BCUT2D eigenvalue weighted by Gasteiger charge is 2.11. The van der Waals surface area contributed by atoms with Crippen LogP contribution in [0.5, 0.6) is 5.75 Å². The first-order valence-electron chi connectivity index (χ1n) is 7.85. The summed E-state index contributed by atoms with van der Waals surface area (Å²) in [6.45, 7) is 0. The minimum Gasteiger partial charge on any atom is -0.497 e. The van der Waals surface area contributed by atoms with Gasteiger partial charge in [-0.1, -0.05) is 36.1 Å². The molecule has 0 saturated carbocycles. The Balaban J connectivity index is 1.86. The standard InChI is InChI=1S/C22H14O2S/c1-24-18-9-6-15(7-10-18)8-11-19-20-12-16-4-2-3-5-17(16)13-21(20)25-22(19)14-23/h2-7,9-10,12-14H,1H3. The Morgan fingerprint density at radius 2 is 1.68 bits per heavy atom. The largest absolute Gasteiger partial charge is 0.497 e. The van der Waals surface area contributed by atoms with Crippen LogP contribution in [0.25, 0.3) is 20.9 Å². The van der Waals surface area contributed by atoms with Gasteiger partial charge in [-0.15, -0.1) is 11.3 Å². The van der Waals surface area contributed by atoms with Crippen LogP contribution in [0, 0.1) is 11.8 Å². The van der Waals surface area contributed by atoms with E-state index in [0.717, 1.165) is 38.6 Å². The minimum atomic E-state index is 0.673. The summed E-state index contributed by atoms with van der Waals surface area (Å²) in [7, 11) is 1.64. The van der Waals surface area contributed by atoms with Crippen LogP contribution < -0.4 is 4.74 Å². The van der Waals surface area contributed by atoms with Crippen LogP contribution in [0.15, 0.2) is 60.7 Å². The number of thiophene rings is 1. The van der Waals surface area contributed by atoms with Crippen molar-refractivity contribution in [3.63, 3.8) is 0 Å². The van der Waals surface area contributed by atoms with Crippen molar-refractivity contribution in [2.24, 2.45) is 0 Å². The molecule has 1 aromatic heterocycles. The molecule has 4 rings (SSSR count). The fourth-order valence-electron chi connectivity index (χ4n) is 2.82. The van der Waals surface area contributed by atoms with Gasteiger partial charge in [0.25, 0.3) is 0 Å². The highest BCUT2D eigenvalue weighted by molar-refractivity contribution is 7.20. The van der Waals surface area contributed by atoms with Crippen LogP contribution in [0.3, 0.4) is 0 Å². The number of carbonyl (C=O) groups is 1. The molecule has 0 fully saturated rings. The maximum atomic E-state index is 11.5. The van der Waals surface area contributed by atoms with Crippen LogP contribution in [0.4, 0.5) is 0 Å². The fourth-order valence-corrected chi connectivity index (χ4v) is 3.83. The minimum absolute atomic E-state index is 0.673. The van der Waals surface area contributed by atoms with Gasteiger partial charge in [-0.05, 0) is 47.2 Å². The molecular weight excluding hydrogens is 328 g/mol. The lowest BCUT2D eigenvalue weighted by atomic mass is 10.0. The molecular formula is C22H14O2S. The highest BCUT2D eigenvalue weighted by Crippen LogP contribution is 2.33. The molecule has 0 aliphatic carbocycles. The molecule has 3 heteroatoms. The average molecular weight is 342 g/mol. The van der Waals surface area contributed by atoms with Gasteiger partial charge in [-0.2, -0.15) is 0 Å². The zero-order valence-corrected chi connectivity index (χ0v) is 14.4. The number of fused-ring (bicyclic) bond motifs is 2. The molecule has 0 saturated heterocycles. The number of rotatable bonds is 2. The first-order chi connectivity index (χ1) is 12.3. The molecule has 0 bridgehead atoms. The summed E-state index contributed by atoms with van der Waals surface area (Å²) in [5, 5.41) is 3.35. The normalized spacial score (nSPS) is 10.4. The summed E-state index contributed by atoms with van der Waals surface area (Å²) < 4.78 is 6.24. The topological polar surface area (TPSA) is 26.3 Å².